The molecule has 1 fully saturated rings. The molecule has 1 aliphatic heterocycles. The largest absolute Gasteiger partial charge is 0.357 e. The quantitative estimate of drug-likeness (QED) is 0.927. The average molecular weight is 287 g/mol. The third-order valence-electron chi connectivity index (χ3n) is 4.20. The summed E-state index contributed by atoms with van der Waals surface area (Å²) in [6, 6.07) is 0.432. The summed E-state index contributed by atoms with van der Waals surface area (Å²) >= 11 is 0. The zero-order chi connectivity index (χ0) is 14.8. The molecule has 0 saturated carbocycles. The summed E-state index contributed by atoms with van der Waals surface area (Å²) in [6.45, 7) is 5.51. The van der Waals surface area contributed by atoms with Crippen LogP contribution in [0.25, 0.3) is 5.95 Å². The number of hydrogen-bond acceptors (Lipinski definition) is 6. The van der Waals surface area contributed by atoms with Gasteiger partial charge >= 0.3 is 0 Å². The minimum Gasteiger partial charge on any atom is -0.357 e. The van der Waals surface area contributed by atoms with Crippen molar-refractivity contribution in [2.45, 2.75) is 32.7 Å². The molecule has 0 amide bonds. The third-order valence-corrected chi connectivity index (χ3v) is 4.20. The van der Waals surface area contributed by atoms with E-state index < -0.39 is 0 Å². The van der Waals surface area contributed by atoms with E-state index in [0.717, 1.165) is 12.5 Å². The Morgan fingerprint density at radius 3 is 2.71 bits per heavy atom. The normalized spacial score (nSPS) is 22.3. The number of nitrogens with one attached hydrogen (secondary N) is 1. The highest BCUT2D eigenvalue weighted by atomic mass is 15.3. The molecular weight excluding hydrogens is 266 g/mol. The fourth-order valence-electron chi connectivity index (χ4n) is 2.70. The van der Waals surface area contributed by atoms with E-state index in [1.54, 1.807) is 17.1 Å². The van der Waals surface area contributed by atoms with E-state index in [1.807, 2.05) is 13.2 Å². The molecule has 2 aromatic rings. The molecule has 2 atom stereocenters. The summed E-state index contributed by atoms with van der Waals surface area (Å²) in [5.74, 6) is 2.55. The Kier molecular flexibility index (Phi) is 3.72. The van der Waals surface area contributed by atoms with Crippen LogP contribution >= 0.6 is 0 Å². The van der Waals surface area contributed by atoms with Crippen molar-refractivity contribution in [2.24, 2.45) is 5.92 Å². The van der Waals surface area contributed by atoms with Crippen LogP contribution in [-0.4, -0.2) is 44.1 Å². The molecular formula is C14H21N7. The van der Waals surface area contributed by atoms with Gasteiger partial charge in [-0.2, -0.15) is 15.0 Å². The zero-order valence-corrected chi connectivity index (χ0v) is 12.7. The van der Waals surface area contributed by atoms with Crippen molar-refractivity contribution in [3.63, 3.8) is 0 Å². The van der Waals surface area contributed by atoms with Gasteiger partial charge in [-0.15, -0.1) is 0 Å². The molecule has 112 valence electrons. The monoisotopic (exact) mass is 287 g/mol. The van der Waals surface area contributed by atoms with E-state index in [9.17, 15) is 0 Å². The molecule has 0 radical (unpaired) electrons. The first-order chi connectivity index (χ1) is 10.2. The summed E-state index contributed by atoms with van der Waals surface area (Å²) in [5.41, 5.74) is 0. The maximum absolute atomic E-state index is 4.62. The summed E-state index contributed by atoms with van der Waals surface area (Å²) < 4.78 is 1.80. The summed E-state index contributed by atoms with van der Waals surface area (Å²) in [5, 5.41) is 3.01. The van der Waals surface area contributed by atoms with Crippen molar-refractivity contribution >= 4 is 11.9 Å². The maximum Gasteiger partial charge on any atom is 0.241 e. The highest BCUT2D eigenvalue weighted by Crippen LogP contribution is 2.26. The van der Waals surface area contributed by atoms with Gasteiger partial charge in [0.25, 0.3) is 0 Å². The lowest BCUT2D eigenvalue weighted by Gasteiger charge is -2.37. The topological polar surface area (TPSA) is 71.8 Å². The van der Waals surface area contributed by atoms with Gasteiger partial charge in [0.1, 0.15) is 6.33 Å². The third kappa shape index (κ3) is 2.68. The van der Waals surface area contributed by atoms with E-state index in [-0.39, 0.29) is 0 Å². The van der Waals surface area contributed by atoms with Gasteiger partial charge in [0.15, 0.2) is 0 Å². The number of imidazole rings is 1. The van der Waals surface area contributed by atoms with Crippen LogP contribution in [-0.2, 0) is 0 Å². The van der Waals surface area contributed by atoms with Crippen LogP contribution < -0.4 is 10.2 Å². The average Bonchev–Trinajstić information content (AvgIpc) is 3.04. The van der Waals surface area contributed by atoms with Crippen LogP contribution in [0.3, 0.4) is 0 Å². The highest BCUT2D eigenvalue weighted by molar-refractivity contribution is 5.41. The van der Waals surface area contributed by atoms with Crippen LogP contribution in [0.1, 0.15) is 26.7 Å². The minimum absolute atomic E-state index is 0.432. The van der Waals surface area contributed by atoms with Crippen molar-refractivity contribution in [2.75, 3.05) is 23.8 Å². The molecule has 7 heteroatoms. The predicted octanol–water partition coefficient (Wildman–Crippen LogP) is 1.72. The van der Waals surface area contributed by atoms with E-state index in [2.05, 4.69) is 44.0 Å². The Bertz CT molecular complexity index is 595. The van der Waals surface area contributed by atoms with Crippen LogP contribution in [0, 0.1) is 5.92 Å². The molecule has 0 spiro atoms. The van der Waals surface area contributed by atoms with Crippen molar-refractivity contribution in [1.82, 2.24) is 24.5 Å². The number of aromatic nitrogens is 5. The summed E-state index contributed by atoms with van der Waals surface area (Å²) in [7, 11) is 1.82. The first-order valence-electron chi connectivity index (χ1n) is 7.38. The predicted molar refractivity (Wildman–Crippen MR) is 81.7 cm³/mol. The molecule has 2 unspecified atom stereocenters. The Morgan fingerprint density at radius 2 is 2.00 bits per heavy atom. The van der Waals surface area contributed by atoms with Crippen molar-refractivity contribution in [3.05, 3.63) is 18.7 Å². The SMILES string of the molecule is CNc1nc(N2CCCC(C)C2C)nc(-n2ccnc2)n1. The summed E-state index contributed by atoms with van der Waals surface area (Å²) in [6.07, 6.45) is 7.68. The number of rotatable bonds is 3. The summed E-state index contributed by atoms with van der Waals surface area (Å²) in [4.78, 5) is 19.9. The lowest BCUT2D eigenvalue weighted by molar-refractivity contribution is 0.359. The van der Waals surface area contributed by atoms with E-state index in [0.29, 0.717) is 23.9 Å². The Morgan fingerprint density at radius 1 is 1.19 bits per heavy atom. The molecule has 0 aromatic carbocycles. The minimum atomic E-state index is 0.432. The second-order valence-corrected chi connectivity index (χ2v) is 5.53. The Labute approximate surface area is 124 Å². The second-order valence-electron chi connectivity index (χ2n) is 5.53. The van der Waals surface area contributed by atoms with Gasteiger partial charge in [0.05, 0.1) is 0 Å². The molecule has 3 rings (SSSR count). The van der Waals surface area contributed by atoms with Crippen LogP contribution in [0.15, 0.2) is 18.7 Å². The molecule has 21 heavy (non-hydrogen) atoms. The van der Waals surface area contributed by atoms with Crippen LogP contribution in [0.4, 0.5) is 11.9 Å². The lowest BCUT2D eigenvalue weighted by Crippen LogP contribution is -2.43. The second kappa shape index (κ2) is 5.67. The first-order valence-corrected chi connectivity index (χ1v) is 7.38. The number of hydrogen-bond donors (Lipinski definition) is 1. The zero-order valence-electron chi connectivity index (χ0n) is 12.7. The molecule has 3 heterocycles. The maximum atomic E-state index is 4.62. The highest BCUT2D eigenvalue weighted by Gasteiger charge is 2.27. The van der Waals surface area contributed by atoms with Gasteiger partial charge in [-0.1, -0.05) is 6.92 Å². The smallest absolute Gasteiger partial charge is 0.241 e. The van der Waals surface area contributed by atoms with Crippen LogP contribution in [0.2, 0.25) is 0 Å². The first kappa shape index (κ1) is 13.8. The van der Waals surface area contributed by atoms with E-state index in [1.165, 1.54) is 12.8 Å². The molecule has 1 N–H and O–H groups in total. The Hall–Kier alpha value is -2.18. The van der Waals surface area contributed by atoms with Gasteiger partial charge in [0.2, 0.25) is 17.8 Å². The standard InChI is InChI=1S/C14H21N7/c1-10-5-4-7-21(11(10)2)14-18-12(15-3)17-13(19-14)20-8-6-16-9-20/h6,8-11H,4-5,7H2,1-3H3,(H,15,17,18,19). The number of piperidine rings is 1. The van der Waals surface area contributed by atoms with Gasteiger partial charge in [-0.3, -0.25) is 4.57 Å². The lowest BCUT2D eigenvalue weighted by atomic mass is 9.92. The van der Waals surface area contributed by atoms with Crippen molar-refractivity contribution < 1.29 is 0 Å². The molecule has 0 bridgehead atoms. The van der Waals surface area contributed by atoms with E-state index in [4.69, 9.17) is 0 Å². The number of nitrogens with zero attached hydrogens (tertiary/aromatic N) is 6. The molecule has 2 aromatic heterocycles. The molecule has 7 nitrogen and oxygen atoms in total. The Balaban J connectivity index is 1.99. The van der Waals surface area contributed by atoms with Gasteiger partial charge < -0.3 is 10.2 Å². The van der Waals surface area contributed by atoms with Crippen molar-refractivity contribution in [3.8, 4) is 5.95 Å². The van der Waals surface area contributed by atoms with Gasteiger partial charge in [-0.25, -0.2) is 4.98 Å². The fraction of sp³-hybridized carbons (Fsp3) is 0.571. The molecule has 1 aliphatic rings. The van der Waals surface area contributed by atoms with Crippen LogP contribution in [0.5, 0.6) is 0 Å². The van der Waals surface area contributed by atoms with Gasteiger partial charge in [0, 0.05) is 32.0 Å². The number of anilines is 2. The van der Waals surface area contributed by atoms with E-state index >= 15 is 0 Å². The molecule has 1 saturated heterocycles. The van der Waals surface area contributed by atoms with Gasteiger partial charge in [-0.05, 0) is 25.7 Å². The van der Waals surface area contributed by atoms with Crippen molar-refractivity contribution in [1.29, 1.82) is 0 Å². The molecule has 0 aliphatic carbocycles. The fourth-order valence-corrected chi connectivity index (χ4v) is 2.70.